The lowest BCUT2D eigenvalue weighted by molar-refractivity contribution is -0.135. The Balaban J connectivity index is 2.61. The van der Waals surface area contributed by atoms with E-state index in [1.807, 2.05) is 13.8 Å². The number of carbonyl (C=O) groups is 2. The topological polar surface area (TPSA) is 75.4 Å². The van der Waals surface area contributed by atoms with E-state index in [-0.39, 0.29) is 24.3 Å². The number of carbonyl (C=O) groups excluding carboxylic acids is 2. The minimum atomic E-state index is -0.604. The molecule has 1 aromatic rings. The summed E-state index contributed by atoms with van der Waals surface area (Å²) in [4.78, 5) is 25.2. The van der Waals surface area contributed by atoms with E-state index >= 15 is 0 Å². The molecule has 2 amide bonds. The highest BCUT2D eigenvalue weighted by atomic mass is 16.2. The smallest absolute Gasteiger partial charge is 0.243 e. The number of likely N-dealkylation sites (N-methyl/N-ethyl adjacent to an activating group) is 1. The third kappa shape index (κ3) is 4.93. The van der Waals surface area contributed by atoms with Crippen LogP contribution in [0.2, 0.25) is 0 Å². The van der Waals surface area contributed by atoms with Gasteiger partial charge in [0.1, 0.15) is 0 Å². The van der Waals surface area contributed by atoms with Gasteiger partial charge >= 0.3 is 0 Å². The van der Waals surface area contributed by atoms with Crippen LogP contribution in [0.4, 0.5) is 5.69 Å². The van der Waals surface area contributed by atoms with E-state index in [1.54, 1.807) is 31.3 Å². The number of hydrogen-bond donors (Lipinski definition) is 2. The second-order valence-corrected chi connectivity index (χ2v) is 5.24. The first-order valence-corrected chi connectivity index (χ1v) is 6.72. The molecule has 5 nitrogen and oxygen atoms in total. The van der Waals surface area contributed by atoms with Crippen molar-refractivity contribution in [2.75, 3.05) is 18.9 Å². The molecule has 0 saturated carbocycles. The Morgan fingerprint density at radius 3 is 2.67 bits per heavy atom. The molecule has 21 heavy (non-hydrogen) atoms. The van der Waals surface area contributed by atoms with Gasteiger partial charge in [-0.2, -0.15) is 0 Å². The number of nitrogens with one attached hydrogen (secondary N) is 1. The molecule has 0 aliphatic heterocycles. The molecular formula is C16H21N3O2. The molecule has 1 rings (SSSR count). The van der Waals surface area contributed by atoms with Gasteiger partial charge in [0, 0.05) is 18.3 Å². The summed E-state index contributed by atoms with van der Waals surface area (Å²) < 4.78 is 0. The van der Waals surface area contributed by atoms with Crippen LogP contribution in [0, 0.1) is 18.3 Å². The zero-order valence-electron chi connectivity index (χ0n) is 12.6. The van der Waals surface area contributed by atoms with Crippen LogP contribution in [0.5, 0.6) is 0 Å². The second-order valence-electron chi connectivity index (χ2n) is 5.24. The lowest BCUT2D eigenvalue weighted by Gasteiger charge is -2.22. The van der Waals surface area contributed by atoms with Crippen LogP contribution in [0.25, 0.3) is 0 Å². The average Bonchev–Trinajstić information content (AvgIpc) is 2.45. The van der Waals surface area contributed by atoms with Crippen LogP contribution in [-0.4, -0.2) is 36.3 Å². The van der Waals surface area contributed by atoms with Crippen molar-refractivity contribution in [2.45, 2.75) is 19.9 Å². The lowest BCUT2D eigenvalue weighted by atomic mass is 10.0. The molecule has 0 fully saturated rings. The standard InChI is InChI=1S/C16H21N3O2/c1-5-12-7-6-8-13(9-12)18-14(20)10-19(4)16(21)15(17)11(2)3/h1,6-9,11,15H,10,17H2,2-4H3,(H,18,20)/t15-/m0/s1. The number of amides is 2. The predicted molar refractivity (Wildman–Crippen MR) is 83.5 cm³/mol. The van der Waals surface area contributed by atoms with Crippen LogP contribution < -0.4 is 11.1 Å². The maximum atomic E-state index is 12.0. The first kappa shape index (κ1) is 16.7. The number of nitrogens with zero attached hydrogens (tertiary/aromatic N) is 1. The van der Waals surface area contributed by atoms with Gasteiger partial charge in [-0.15, -0.1) is 6.42 Å². The van der Waals surface area contributed by atoms with E-state index in [1.165, 1.54) is 4.90 Å². The summed E-state index contributed by atoms with van der Waals surface area (Å²) in [6.45, 7) is 3.67. The molecule has 0 aromatic heterocycles. The zero-order valence-corrected chi connectivity index (χ0v) is 12.6. The van der Waals surface area contributed by atoms with Gasteiger partial charge in [-0.1, -0.05) is 25.8 Å². The summed E-state index contributed by atoms with van der Waals surface area (Å²) >= 11 is 0. The fourth-order valence-electron chi connectivity index (χ4n) is 1.72. The highest BCUT2D eigenvalue weighted by Gasteiger charge is 2.22. The molecule has 0 unspecified atom stereocenters. The molecule has 1 aromatic carbocycles. The summed E-state index contributed by atoms with van der Waals surface area (Å²) in [5, 5.41) is 2.70. The first-order valence-electron chi connectivity index (χ1n) is 6.72. The molecule has 0 aliphatic rings. The fraction of sp³-hybridized carbons (Fsp3) is 0.375. The number of terminal acetylenes is 1. The van der Waals surface area contributed by atoms with Crippen LogP contribution in [0.1, 0.15) is 19.4 Å². The molecule has 112 valence electrons. The molecule has 0 bridgehead atoms. The number of nitrogens with two attached hydrogens (primary N) is 1. The maximum Gasteiger partial charge on any atom is 0.243 e. The molecule has 1 atom stereocenters. The summed E-state index contributed by atoms with van der Waals surface area (Å²) in [6.07, 6.45) is 5.30. The van der Waals surface area contributed by atoms with E-state index < -0.39 is 6.04 Å². The summed E-state index contributed by atoms with van der Waals surface area (Å²) in [6, 6.07) is 6.36. The monoisotopic (exact) mass is 287 g/mol. The van der Waals surface area contributed by atoms with Gasteiger partial charge in [-0.3, -0.25) is 9.59 Å². The Labute approximate surface area is 125 Å². The maximum absolute atomic E-state index is 12.0. The van der Waals surface area contributed by atoms with E-state index in [0.29, 0.717) is 11.3 Å². The molecule has 0 radical (unpaired) electrons. The Kier molecular flexibility index (Phi) is 5.94. The molecule has 0 spiro atoms. The Hall–Kier alpha value is -2.32. The SMILES string of the molecule is C#Cc1cccc(NC(=O)CN(C)C(=O)[C@@H](N)C(C)C)c1. The van der Waals surface area contributed by atoms with E-state index in [2.05, 4.69) is 11.2 Å². The number of rotatable bonds is 5. The van der Waals surface area contributed by atoms with Crippen molar-refractivity contribution in [1.29, 1.82) is 0 Å². The van der Waals surface area contributed by atoms with Crippen molar-refractivity contribution < 1.29 is 9.59 Å². The average molecular weight is 287 g/mol. The normalized spacial score (nSPS) is 11.6. The number of anilines is 1. The first-order chi connectivity index (χ1) is 9.85. The van der Waals surface area contributed by atoms with E-state index in [4.69, 9.17) is 12.2 Å². The lowest BCUT2D eigenvalue weighted by Crippen LogP contribution is -2.47. The Bertz CT molecular complexity index is 561. The molecular weight excluding hydrogens is 266 g/mol. The Morgan fingerprint density at radius 1 is 1.43 bits per heavy atom. The zero-order chi connectivity index (χ0) is 16.0. The van der Waals surface area contributed by atoms with Gasteiger partial charge in [0.2, 0.25) is 11.8 Å². The predicted octanol–water partition coefficient (Wildman–Crippen LogP) is 1.05. The van der Waals surface area contributed by atoms with Crippen molar-refractivity contribution in [3.8, 4) is 12.3 Å². The van der Waals surface area contributed by atoms with Gasteiger partial charge in [-0.05, 0) is 24.1 Å². The van der Waals surface area contributed by atoms with E-state index in [0.717, 1.165) is 0 Å². The van der Waals surface area contributed by atoms with Crippen molar-refractivity contribution in [1.82, 2.24) is 4.90 Å². The largest absolute Gasteiger partial charge is 0.335 e. The summed E-state index contributed by atoms with van der Waals surface area (Å²) in [7, 11) is 1.56. The van der Waals surface area contributed by atoms with Gasteiger partial charge in [0.05, 0.1) is 12.6 Å². The van der Waals surface area contributed by atoms with Crippen LogP contribution in [-0.2, 0) is 9.59 Å². The van der Waals surface area contributed by atoms with Crippen molar-refractivity contribution in [3.63, 3.8) is 0 Å². The van der Waals surface area contributed by atoms with Gasteiger partial charge < -0.3 is 16.0 Å². The quantitative estimate of drug-likeness (QED) is 0.795. The summed E-state index contributed by atoms with van der Waals surface area (Å²) in [5.74, 6) is 1.97. The highest BCUT2D eigenvalue weighted by Crippen LogP contribution is 2.10. The van der Waals surface area contributed by atoms with Crippen LogP contribution in [0.3, 0.4) is 0 Å². The van der Waals surface area contributed by atoms with Crippen LogP contribution in [0.15, 0.2) is 24.3 Å². The second kappa shape index (κ2) is 7.46. The summed E-state index contributed by atoms with van der Waals surface area (Å²) in [5.41, 5.74) is 7.06. The van der Waals surface area contributed by atoms with Crippen molar-refractivity contribution in [3.05, 3.63) is 29.8 Å². The van der Waals surface area contributed by atoms with Crippen molar-refractivity contribution >= 4 is 17.5 Å². The minimum Gasteiger partial charge on any atom is -0.335 e. The van der Waals surface area contributed by atoms with E-state index in [9.17, 15) is 9.59 Å². The third-order valence-corrected chi connectivity index (χ3v) is 3.07. The Morgan fingerprint density at radius 2 is 2.10 bits per heavy atom. The number of hydrogen-bond acceptors (Lipinski definition) is 3. The molecule has 0 heterocycles. The highest BCUT2D eigenvalue weighted by molar-refractivity contribution is 5.95. The van der Waals surface area contributed by atoms with Gasteiger partial charge in [0.15, 0.2) is 0 Å². The van der Waals surface area contributed by atoms with Crippen molar-refractivity contribution in [2.24, 2.45) is 11.7 Å². The molecule has 3 N–H and O–H groups in total. The molecule has 0 saturated heterocycles. The van der Waals surface area contributed by atoms with Gasteiger partial charge in [0.25, 0.3) is 0 Å². The fourth-order valence-corrected chi connectivity index (χ4v) is 1.72. The minimum absolute atomic E-state index is 0.0234. The third-order valence-electron chi connectivity index (χ3n) is 3.07. The van der Waals surface area contributed by atoms with Gasteiger partial charge in [-0.25, -0.2) is 0 Å². The number of benzene rings is 1. The molecule has 0 aliphatic carbocycles. The molecule has 5 heteroatoms. The van der Waals surface area contributed by atoms with Crippen LogP contribution >= 0.6 is 0 Å².